The third-order valence-corrected chi connectivity index (χ3v) is 6.07. The Bertz CT molecular complexity index is 783. The zero-order valence-electron chi connectivity index (χ0n) is 13.3. The van der Waals surface area contributed by atoms with Crippen LogP contribution in [0, 0.1) is 0 Å². The summed E-state index contributed by atoms with van der Waals surface area (Å²) >= 11 is 7.99. The van der Waals surface area contributed by atoms with Crippen molar-refractivity contribution in [3.63, 3.8) is 0 Å². The predicted octanol–water partition coefficient (Wildman–Crippen LogP) is 4.42. The van der Waals surface area contributed by atoms with E-state index in [9.17, 15) is 5.11 Å². The summed E-state index contributed by atoms with van der Waals surface area (Å²) in [4.78, 5) is 11.9. The van der Waals surface area contributed by atoms with Crippen molar-refractivity contribution in [2.45, 2.75) is 31.5 Å². The van der Waals surface area contributed by atoms with Crippen LogP contribution in [0.25, 0.3) is 0 Å². The molecule has 3 heterocycles. The first kappa shape index (κ1) is 15.8. The summed E-state index contributed by atoms with van der Waals surface area (Å²) in [6.07, 6.45) is 2.88. The summed E-state index contributed by atoms with van der Waals surface area (Å²) in [5.74, 6) is 1.17. The quantitative estimate of drug-likeness (QED) is 0.881. The molecule has 124 valence electrons. The first-order chi connectivity index (χ1) is 11.7. The van der Waals surface area contributed by atoms with E-state index in [1.807, 2.05) is 48.3 Å². The average Bonchev–Trinajstić information content (AvgIpc) is 3.17. The molecule has 2 aliphatic rings. The van der Waals surface area contributed by atoms with Crippen molar-refractivity contribution >= 4 is 28.5 Å². The van der Waals surface area contributed by atoms with Gasteiger partial charge in [-0.15, -0.1) is 0 Å². The Morgan fingerprint density at radius 3 is 2.92 bits per heavy atom. The zero-order chi connectivity index (χ0) is 16.7. The number of hydrogen-bond acceptors (Lipinski definition) is 5. The van der Waals surface area contributed by atoms with Gasteiger partial charge < -0.3 is 10.0 Å². The Balaban J connectivity index is 1.80. The fraction of sp³-hybridized carbons (Fsp3) is 0.333. The Morgan fingerprint density at radius 2 is 2.21 bits per heavy atom. The highest BCUT2D eigenvalue weighted by molar-refractivity contribution is 8.14. The van der Waals surface area contributed by atoms with Gasteiger partial charge in [-0.05, 0) is 36.2 Å². The smallest absolute Gasteiger partial charge is 0.160 e. The molecule has 4 rings (SSSR count). The Labute approximate surface area is 150 Å². The molecular weight excluding hydrogens is 342 g/mol. The fourth-order valence-electron chi connectivity index (χ4n) is 3.42. The number of halogens is 1. The van der Waals surface area contributed by atoms with Crippen LogP contribution in [0.5, 0.6) is 5.75 Å². The largest absolute Gasteiger partial charge is 0.506 e. The summed E-state index contributed by atoms with van der Waals surface area (Å²) in [5, 5.41) is 11.2. The van der Waals surface area contributed by atoms with E-state index in [1.165, 1.54) is 0 Å². The lowest BCUT2D eigenvalue weighted by molar-refractivity contribution is 0.255. The molecule has 0 radical (unpaired) electrons. The van der Waals surface area contributed by atoms with Crippen LogP contribution in [-0.4, -0.2) is 32.0 Å². The number of aromatic nitrogens is 1. The van der Waals surface area contributed by atoms with Crippen LogP contribution in [0.3, 0.4) is 0 Å². The maximum atomic E-state index is 9.76. The van der Waals surface area contributed by atoms with Crippen LogP contribution >= 0.6 is 23.4 Å². The van der Waals surface area contributed by atoms with Crippen molar-refractivity contribution in [3.8, 4) is 5.75 Å². The van der Waals surface area contributed by atoms with Crippen molar-refractivity contribution in [1.29, 1.82) is 0 Å². The van der Waals surface area contributed by atoms with E-state index >= 15 is 0 Å². The number of benzene rings is 1. The van der Waals surface area contributed by atoms with Crippen LogP contribution in [0.1, 0.15) is 36.7 Å². The summed E-state index contributed by atoms with van der Waals surface area (Å²) in [6.45, 7) is 2.21. The monoisotopic (exact) mass is 359 g/mol. The zero-order valence-corrected chi connectivity index (χ0v) is 14.8. The first-order valence-electron chi connectivity index (χ1n) is 8.07. The van der Waals surface area contributed by atoms with Crippen molar-refractivity contribution in [1.82, 2.24) is 9.88 Å². The minimum atomic E-state index is -0.0522. The van der Waals surface area contributed by atoms with Crippen LogP contribution in [0.15, 0.2) is 47.6 Å². The van der Waals surface area contributed by atoms with E-state index in [0.717, 1.165) is 28.6 Å². The number of pyridine rings is 1. The fourth-order valence-corrected chi connectivity index (χ4v) is 4.94. The number of hydrogen-bond donors (Lipinski definition) is 1. The summed E-state index contributed by atoms with van der Waals surface area (Å²) in [5.41, 5.74) is 2.03. The first-order valence-corrected chi connectivity index (χ1v) is 9.43. The molecule has 0 amide bonds. The lowest BCUT2D eigenvalue weighted by Gasteiger charge is -2.32. The Morgan fingerprint density at radius 1 is 1.33 bits per heavy atom. The van der Waals surface area contributed by atoms with Gasteiger partial charge in [-0.2, -0.15) is 0 Å². The maximum absolute atomic E-state index is 9.76. The second-order valence-electron chi connectivity index (χ2n) is 6.05. The molecule has 1 N–H and O–H groups in total. The normalized spacial score (nSPS) is 25.7. The third-order valence-electron chi connectivity index (χ3n) is 4.64. The molecule has 6 heteroatoms. The van der Waals surface area contributed by atoms with Crippen LogP contribution < -0.4 is 0 Å². The number of phenolic OH excluding ortho intramolecular Hbond substituents is 1. The predicted molar refractivity (Wildman–Crippen MR) is 98.6 cm³/mol. The van der Waals surface area contributed by atoms with Gasteiger partial charge in [-0.25, -0.2) is 0 Å². The number of aromatic hydroxyl groups is 1. The van der Waals surface area contributed by atoms with E-state index in [1.54, 1.807) is 6.07 Å². The van der Waals surface area contributed by atoms with Gasteiger partial charge >= 0.3 is 0 Å². The average molecular weight is 360 g/mol. The molecule has 1 saturated heterocycles. The number of aliphatic imine (C=N–C) groups is 1. The van der Waals surface area contributed by atoms with Crippen LogP contribution in [0.4, 0.5) is 0 Å². The topological polar surface area (TPSA) is 48.7 Å². The molecule has 2 aromatic rings. The molecule has 0 bridgehead atoms. The second kappa shape index (κ2) is 6.30. The molecular formula is C18H18ClN3OS. The molecule has 4 nitrogen and oxygen atoms in total. The molecule has 0 saturated carbocycles. The molecule has 0 spiro atoms. The second-order valence-corrected chi connectivity index (χ2v) is 7.44. The van der Waals surface area contributed by atoms with Gasteiger partial charge in [0.1, 0.15) is 11.8 Å². The molecule has 2 aliphatic heterocycles. The highest BCUT2D eigenvalue weighted by Crippen LogP contribution is 2.49. The van der Waals surface area contributed by atoms with Gasteiger partial charge in [0.05, 0.1) is 16.8 Å². The van der Waals surface area contributed by atoms with Gasteiger partial charge in [-0.3, -0.25) is 9.98 Å². The van der Waals surface area contributed by atoms with Crippen LogP contribution in [-0.2, 0) is 0 Å². The van der Waals surface area contributed by atoms with E-state index in [-0.39, 0.29) is 17.8 Å². The molecule has 1 aromatic carbocycles. The molecule has 0 unspecified atom stereocenters. The van der Waals surface area contributed by atoms with E-state index < -0.39 is 0 Å². The number of amidine groups is 1. The van der Waals surface area contributed by atoms with E-state index in [2.05, 4.69) is 16.8 Å². The van der Waals surface area contributed by atoms with Gasteiger partial charge in [0.2, 0.25) is 0 Å². The number of thioether (sulfide) groups is 1. The lowest BCUT2D eigenvalue weighted by atomic mass is 9.95. The maximum Gasteiger partial charge on any atom is 0.160 e. The van der Waals surface area contributed by atoms with Gasteiger partial charge in [0, 0.05) is 18.0 Å². The molecule has 0 aliphatic carbocycles. The number of fused-ring (bicyclic) bond motifs is 1. The molecule has 3 atom stereocenters. The minimum absolute atomic E-state index is 0.0522. The van der Waals surface area contributed by atoms with E-state index in [4.69, 9.17) is 16.6 Å². The van der Waals surface area contributed by atoms with Gasteiger partial charge in [0.15, 0.2) is 5.17 Å². The number of nitrogens with zero attached hydrogens (tertiary/aromatic N) is 3. The summed E-state index contributed by atoms with van der Waals surface area (Å²) in [7, 11) is 0. The van der Waals surface area contributed by atoms with Crippen molar-refractivity contribution in [2.24, 2.45) is 4.99 Å². The van der Waals surface area contributed by atoms with Gasteiger partial charge in [0.25, 0.3) is 0 Å². The summed E-state index contributed by atoms with van der Waals surface area (Å²) < 4.78 is 0. The van der Waals surface area contributed by atoms with Crippen molar-refractivity contribution < 1.29 is 5.11 Å². The van der Waals surface area contributed by atoms with Crippen molar-refractivity contribution in [3.05, 3.63) is 58.9 Å². The highest BCUT2D eigenvalue weighted by Gasteiger charge is 2.45. The van der Waals surface area contributed by atoms with E-state index in [0.29, 0.717) is 11.1 Å². The lowest BCUT2D eigenvalue weighted by Crippen LogP contribution is -2.35. The molecule has 24 heavy (non-hydrogen) atoms. The number of rotatable bonds is 3. The standard InChI is InChI=1S/C18H18ClN3OS/c1-2-12-10-24-18-21-16(14-5-3-4-8-20-14)17(22(12)18)11-6-7-15(23)13(19)9-11/h3-9,12,16-17,23H,2,10H2,1H3/t12-,16-,17+/m0/s1. The Kier molecular flexibility index (Phi) is 4.14. The van der Waals surface area contributed by atoms with Gasteiger partial charge in [-0.1, -0.05) is 42.4 Å². The third kappa shape index (κ3) is 2.56. The van der Waals surface area contributed by atoms with Crippen molar-refractivity contribution in [2.75, 3.05) is 5.75 Å². The number of phenols is 1. The SMILES string of the molecule is CC[C@H]1CSC2=N[C@@H](c3ccccn3)[C@@H](c3ccc(O)c(Cl)c3)N21. The molecule has 1 aromatic heterocycles. The highest BCUT2D eigenvalue weighted by atomic mass is 35.5. The van der Waals surface area contributed by atoms with Crippen LogP contribution in [0.2, 0.25) is 5.02 Å². The Hall–Kier alpha value is -1.72. The molecule has 1 fully saturated rings. The minimum Gasteiger partial charge on any atom is -0.506 e. The summed E-state index contributed by atoms with van der Waals surface area (Å²) in [6, 6.07) is 11.9.